The number of carbonyl (C=O) groups excluding carboxylic acids is 1. The molecule has 7 nitrogen and oxygen atoms in total. The summed E-state index contributed by atoms with van der Waals surface area (Å²) in [6.45, 7) is 0. The van der Waals surface area contributed by atoms with Gasteiger partial charge in [0.05, 0.1) is 17.1 Å². The van der Waals surface area contributed by atoms with Crippen LogP contribution in [-0.4, -0.2) is 11.1 Å². The van der Waals surface area contributed by atoms with Gasteiger partial charge in [-0.25, -0.2) is 4.79 Å². The first-order valence-corrected chi connectivity index (χ1v) is 6.60. The topological polar surface area (TPSA) is 110 Å². The van der Waals surface area contributed by atoms with Crippen LogP contribution in [0, 0.1) is 0 Å². The average Bonchev–Trinajstić information content (AvgIpc) is 2.46. The van der Waals surface area contributed by atoms with Crippen LogP contribution in [0.3, 0.4) is 0 Å². The zero-order valence-electron chi connectivity index (χ0n) is 10.6. The summed E-state index contributed by atoms with van der Waals surface area (Å²) in [6.07, 6.45) is 0. The summed E-state index contributed by atoms with van der Waals surface area (Å²) in [6, 6.07) is 11.1. The van der Waals surface area contributed by atoms with Gasteiger partial charge in [0.2, 0.25) is 0 Å². The highest BCUT2D eigenvalue weighted by molar-refractivity contribution is 9.10. The van der Waals surface area contributed by atoms with Gasteiger partial charge >= 0.3 is 6.03 Å². The smallest absolute Gasteiger partial charge is 0.323 e. The molecule has 0 fully saturated rings. The van der Waals surface area contributed by atoms with Crippen molar-refractivity contribution in [3.63, 3.8) is 0 Å². The number of urea groups is 1. The van der Waals surface area contributed by atoms with Gasteiger partial charge in [0.15, 0.2) is 0 Å². The lowest BCUT2D eigenvalue weighted by Crippen LogP contribution is -2.19. The fourth-order valence-electron chi connectivity index (χ4n) is 1.60. The summed E-state index contributed by atoms with van der Waals surface area (Å²) >= 11 is 3.31. The van der Waals surface area contributed by atoms with Crippen LogP contribution in [-0.2, 0) is 0 Å². The number of benzene rings is 2. The highest BCUT2D eigenvalue weighted by Gasteiger charge is 2.10. The molecular formula is C13H10BrN5O2. The summed E-state index contributed by atoms with van der Waals surface area (Å²) in [4.78, 5) is 14.5. The molecule has 21 heavy (non-hydrogen) atoms. The summed E-state index contributed by atoms with van der Waals surface area (Å²) in [5, 5.41) is 18.3. The third kappa shape index (κ3) is 3.65. The number of phenolic OH excluding ortho intramolecular Hbond substituents is 1. The minimum atomic E-state index is -0.532. The van der Waals surface area contributed by atoms with E-state index in [0.29, 0.717) is 5.69 Å². The maximum absolute atomic E-state index is 11.9. The highest BCUT2D eigenvalue weighted by atomic mass is 79.9. The van der Waals surface area contributed by atoms with Crippen LogP contribution in [0.2, 0.25) is 0 Å². The number of hydrogen-bond donors (Lipinski definition) is 3. The number of halogens is 1. The van der Waals surface area contributed by atoms with Crippen molar-refractivity contribution >= 4 is 39.0 Å². The van der Waals surface area contributed by atoms with Gasteiger partial charge < -0.3 is 15.7 Å². The fourth-order valence-corrected chi connectivity index (χ4v) is 1.98. The molecule has 0 atom stereocenters. The zero-order valence-corrected chi connectivity index (χ0v) is 12.2. The third-order valence-electron chi connectivity index (χ3n) is 2.54. The standard InChI is InChI=1S/C13H10BrN5O2/c14-8-4-1-2-5-9(8)16-13(21)17-10-6-3-7-11(12(10)20)18-19-15/h1-7,20H,(H2,16,17,21). The predicted molar refractivity (Wildman–Crippen MR) is 83.7 cm³/mol. The van der Waals surface area contributed by atoms with Crippen LogP contribution in [0.25, 0.3) is 10.4 Å². The molecule has 0 unspecified atom stereocenters. The summed E-state index contributed by atoms with van der Waals surface area (Å²) in [5.74, 6) is -0.294. The van der Waals surface area contributed by atoms with Crippen molar-refractivity contribution in [2.24, 2.45) is 5.11 Å². The molecule has 8 heteroatoms. The molecule has 106 valence electrons. The number of rotatable bonds is 3. The van der Waals surface area contributed by atoms with E-state index in [1.807, 2.05) is 6.07 Å². The molecule has 2 aromatic carbocycles. The molecule has 3 N–H and O–H groups in total. The number of para-hydroxylation sites is 2. The van der Waals surface area contributed by atoms with E-state index in [9.17, 15) is 9.90 Å². The van der Waals surface area contributed by atoms with Crippen LogP contribution in [0.15, 0.2) is 52.1 Å². The minimum Gasteiger partial charge on any atom is -0.505 e. The van der Waals surface area contributed by atoms with Crippen molar-refractivity contribution in [3.05, 3.63) is 57.4 Å². The van der Waals surface area contributed by atoms with Gasteiger partial charge in [0.25, 0.3) is 0 Å². The second-order valence-electron chi connectivity index (χ2n) is 3.92. The molecule has 0 heterocycles. The zero-order chi connectivity index (χ0) is 15.2. The van der Waals surface area contributed by atoms with E-state index in [0.717, 1.165) is 4.47 Å². The van der Waals surface area contributed by atoms with Crippen molar-refractivity contribution in [2.75, 3.05) is 10.6 Å². The summed E-state index contributed by atoms with van der Waals surface area (Å²) < 4.78 is 0.729. The van der Waals surface area contributed by atoms with E-state index in [1.54, 1.807) is 24.3 Å². The number of hydrogen-bond acceptors (Lipinski definition) is 3. The van der Waals surface area contributed by atoms with Gasteiger partial charge in [-0.05, 0) is 45.7 Å². The van der Waals surface area contributed by atoms with Crippen LogP contribution in [0.5, 0.6) is 5.75 Å². The summed E-state index contributed by atoms with van der Waals surface area (Å²) in [7, 11) is 0. The Balaban J connectivity index is 2.15. The second-order valence-corrected chi connectivity index (χ2v) is 4.78. The van der Waals surface area contributed by atoms with Gasteiger partial charge in [-0.2, -0.15) is 0 Å². The molecule has 0 spiro atoms. The Morgan fingerprint density at radius 3 is 2.52 bits per heavy atom. The summed E-state index contributed by atoms with van der Waals surface area (Å²) in [5.41, 5.74) is 9.15. The lowest BCUT2D eigenvalue weighted by atomic mass is 10.2. The normalized spacial score (nSPS) is 9.57. The Bertz CT molecular complexity index is 728. The molecule has 0 aliphatic rings. The molecular weight excluding hydrogens is 338 g/mol. The monoisotopic (exact) mass is 347 g/mol. The molecule has 0 aliphatic carbocycles. The van der Waals surface area contributed by atoms with E-state index >= 15 is 0 Å². The average molecular weight is 348 g/mol. The van der Waals surface area contributed by atoms with Gasteiger partial charge in [-0.1, -0.05) is 23.3 Å². The Hall–Kier alpha value is -2.70. The number of nitrogens with one attached hydrogen (secondary N) is 2. The van der Waals surface area contributed by atoms with Crippen LogP contribution < -0.4 is 10.6 Å². The first-order valence-electron chi connectivity index (χ1n) is 5.81. The van der Waals surface area contributed by atoms with E-state index in [-0.39, 0.29) is 17.1 Å². The maximum Gasteiger partial charge on any atom is 0.323 e. The van der Waals surface area contributed by atoms with Crippen LogP contribution >= 0.6 is 15.9 Å². The number of phenols is 1. The van der Waals surface area contributed by atoms with Gasteiger partial charge in [0, 0.05) is 9.38 Å². The van der Waals surface area contributed by atoms with E-state index in [1.165, 1.54) is 12.1 Å². The Kier molecular flexibility index (Phi) is 4.65. The Morgan fingerprint density at radius 2 is 1.81 bits per heavy atom. The number of azide groups is 1. The second kappa shape index (κ2) is 6.65. The lowest BCUT2D eigenvalue weighted by molar-refractivity contribution is 0.262. The SMILES string of the molecule is [N-]=[N+]=Nc1cccc(NC(=O)Nc2ccccc2Br)c1O. The van der Waals surface area contributed by atoms with E-state index in [4.69, 9.17) is 5.53 Å². The molecule has 2 aromatic rings. The lowest BCUT2D eigenvalue weighted by Gasteiger charge is -2.11. The minimum absolute atomic E-state index is 0.0381. The number of carbonyl (C=O) groups is 1. The van der Waals surface area contributed by atoms with Gasteiger partial charge in [-0.15, -0.1) is 0 Å². The molecule has 0 aromatic heterocycles. The third-order valence-corrected chi connectivity index (χ3v) is 3.23. The quantitative estimate of drug-likeness (QED) is 0.322. The van der Waals surface area contributed by atoms with Gasteiger partial charge in [0.1, 0.15) is 5.75 Å². The van der Waals surface area contributed by atoms with Crippen molar-refractivity contribution in [2.45, 2.75) is 0 Å². The largest absolute Gasteiger partial charge is 0.505 e. The van der Waals surface area contributed by atoms with Crippen molar-refractivity contribution < 1.29 is 9.90 Å². The van der Waals surface area contributed by atoms with Crippen molar-refractivity contribution in [1.82, 2.24) is 0 Å². The maximum atomic E-state index is 11.9. The molecule has 2 rings (SSSR count). The van der Waals surface area contributed by atoms with Crippen molar-refractivity contribution in [3.8, 4) is 5.75 Å². The molecule has 0 radical (unpaired) electrons. The molecule has 0 saturated carbocycles. The molecule has 0 bridgehead atoms. The van der Waals surface area contributed by atoms with Gasteiger partial charge in [-0.3, -0.25) is 0 Å². The number of anilines is 2. The number of aromatic hydroxyl groups is 1. The van der Waals surface area contributed by atoms with Crippen molar-refractivity contribution in [1.29, 1.82) is 0 Å². The molecule has 2 amide bonds. The Morgan fingerprint density at radius 1 is 1.14 bits per heavy atom. The number of amides is 2. The van der Waals surface area contributed by atoms with Crippen LogP contribution in [0.4, 0.5) is 21.9 Å². The first-order chi connectivity index (χ1) is 10.1. The van der Waals surface area contributed by atoms with E-state index in [2.05, 4.69) is 36.6 Å². The molecule has 0 saturated heterocycles. The highest BCUT2D eigenvalue weighted by Crippen LogP contribution is 2.34. The predicted octanol–water partition coefficient (Wildman–Crippen LogP) is 4.74. The number of nitrogens with zero attached hydrogens (tertiary/aromatic N) is 3. The fraction of sp³-hybridized carbons (Fsp3) is 0. The van der Waals surface area contributed by atoms with E-state index < -0.39 is 6.03 Å². The Labute approximate surface area is 128 Å². The first kappa shape index (κ1) is 14.7. The van der Waals surface area contributed by atoms with Crippen LogP contribution in [0.1, 0.15) is 0 Å². The molecule has 0 aliphatic heterocycles.